The highest BCUT2D eigenvalue weighted by molar-refractivity contribution is 6.30. The van der Waals surface area contributed by atoms with Gasteiger partial charge in [-0.2, -0.15) is 0 Å². The van der Waals surface area contributed by atoms with Gasteiger partial charge in [0.15, 0.2) is 0 Å². The highest BCUT2D eigenvalue weighted by Crippen LogP contribution is 2.44. The van der Waals surface area contributed by atoms with E-state index in [0.29, 0.717) is 24.2 Å². The molecule has 0 spiro atoms. The highest BCUT2D eigenvalue weighted by Gasteiger charge is 2.43. The van der Waals surface area contributed by atoms with Crippen LogP contribution >= 0.6 is 11.6 Å². The number of allylic oxidation sites excluding steroid dienone is 1. The average Bonchev–Trinajstić information content (AvgIpc) is 3.41. The van der Waals surface area contributed by atoms with Crippen molar-refractivity contribution in [2.45, 2.75) is 90.0 Å². The maximum absolute atomic E-state index is 15.4. The van der Waals surface area contributed by atoms with Gasteiger partial charge in [0.2, 0.25) is 11.8 Å². The van der Waals surface area contributed by atoms with Crippen LogP contribution < -0.4 is 5.32 Å². The number of benzene rings is 2. The van der Waals surface area contributed by atoms with Gasteiger partial charge in [-0.1, -0.05) is 49.2 Å². The van der Waals surface area contributed by atoms with Crippen molar-refractivity contribution < 1.29 is 18.8 Å². The number of carbonyl (C=O) groups excluding carboxylic acids is 3. The lowest BCUT2D eigenvalue weighted by Gasteiger charge is -2.43. The third-order valence-corrected chi connectivity index (χ3v) is 10.8. The molecule has 5 aliphatic rings. The second-order valence-corrected chi connectivity index (χ2v) is 14.6. The maximum Gasteiger partial charge on any atom is 0.258 e. The SMILES string of the molecule is CC1(C)CCC(CN2CC3CCC(C2)N3Cc2cc(F)c3c(c2)CN(C2CCC(=O)NC2=O)C3=O)=C(c2ccc(Cl)cc2)C1. The topological polar surface area (TPSA) is 73.0 Å². The molecule has 4 aliphatic heterocycles. The lowest BCUT2D eigenvalue weighted by Crippen LogP contribution is -2.53. The number of nitrogens with one attached hydrogen (secondary N) is 1. The molecule has 3 saturated heterocycles. The molecule has 3 amide bonds. The normalized spacial score (nSPS) is 27.2. The third-order valence-electron chi connectivity index (χ3n) is 10.5. The van der Waals surface area contributed by atoms with Gasteiger partial charge in [-0.05, 0) is 84.4 Å². The van der Waals surface area contributed by atoms with Gasteiger partial charge in [0.25, 0.3) is 5.91 Å². The van der Waals surface area contributed by atoms with Crippen LogP contribution in [0.15, 0.2) is 42.0 Å². The zero-order valence-corrected chi connectivity index (χ0v) is 26.3. The predicted octanol–water partition coefficient (Wildman–Crippen LogP) is 5.55. The number of hydrogen-bond donors (Lipinski definition) is 1. The number of hydrogen-bond acceptors (Lipinski definition) is 5. The molecule has 0 aromatic heterocycles. The summed E-state index contributed by atoms with van der Waals surface area (Å²) in [6, 6.07) is 11.8. The summed E-state index contributed by atoms with van der Waals surface area (Å²) in [6.45, 7) is 8.53. The molecule has 3 fully saturated rings. The number of imide groups is 1. The van der Waals surface area contributed by atoms with Gasteiger partial charge in [0.05, 0.1) is 5.56 Å². The minimum atomic E-state index is -0.745. The van der Waals surface area contributed by atoms with Gasteiger partial charge in [-0.15, -0.1) is 0 Å². The molecule has 7 nitrogen and oxygen atoms in total. The van der Waals surface area contributed by atoms with E-state index in [1.165, 1.54) is 28.5 Å². The summed E-state index contributed by atoms with van der Waals surface area (Å²) in [5.41, 5.74) is 6.14. The Morgan fingerprint density at radius 1 is 0.977 bits per heavy atom. The summed E-state index contributed by atoms with van der Waals surface area (Å²) >= 11 is 6.21. The van der Waals surface area contributed by atoms with Crippen LogP contribution in [-0.2, 0) is 22.7 Å². The van der Waals surface area contributed by atoms with E-state index in [1.807, 2.05) is 18.2 Å². The Morgan fingerprint density at radius 3 is 2.41 bits per heavy atom. The molecule has 3 atom stereocenters. The molecule has 9 heteroatoms. The Hall–Kier alpha value is -3.07. The van der Waals surface area contributed by atoms with Gasteiger partial charge in [0, 0.05) is 56.3 Å². The Bertz CT molecular complexity index is 1540. The van der Waals surface area contributed by atoms with Crippen LogP contribution in [0, 0.1) is 11.2 Å². The molecule has 3 unspecified atom stereocenters. The molecule has 232 valence electrons. The summed E-state index contributed by atoms with van der Waals surface area (Å²) in [7, 11) is 0. The molecule has 2 aromatic rings. The third kappa shape index (κ3) is 5.61. The monoisotopic (exact) mass is 618 g/mol. The average molecular weight is 619 g/mol. The first-order chi connectivity index (χ1) is 21.0. The van der Waals surface area contributed by atoms with Gasteiger partial charge in [0.1, 0.15) is 11.9 Å². The Morgan fingerprint density at radius 2 is 1.70 bits per heavy atom. The Kier molecular flexibility index (Phi) is 7.66. The lowest BCUT2D eigenvalue weighted by molar-refractivity contribution is -0.136. The lowest BCUT2D eigenvalue weighted by atomic mass is 9.72. The number of fused-ring (bicyclic) bond motifs is 3. The van der Waals surface area contributed by atoms with E-state index in [0.717, 1.165) is 55.9 Å². The summed E-state index contributed by atoms with van der Waals surface area (Å²) in [4.78, 5) is 43.7. The van der Waals surface area contributed by atoms with E-state index in [4.69, 9.17) is 11.6 Å². The molecule has 0 saturated carbocycles. The fraction of sp³-hybridized carbons (Fsp3) is 0.514. The van der Waals surface area contributed by atoms with E-state index in [9.17, 15) is 14.4 Å². The number of halogens is 2. The quantitative estimate of drug-likeness (QED) is 0.430. The number of likely N-dealkylation sites (tertiary alicyclic amines) is 1. The fourth-order valence-corrected chi connectivity index (χ4v) is 8.35. The van der Waals surface area contributed by atoms with Crippen LogP contribution in [0.25, 0.3) is 5.57 Å². The second kappa shape index (κ2) is 11.4. The molecule has 0 radical (unpaired) electrons. The van der Waals surface area contributed by atoms with Crippen molar-refractivity contribution in [3.8, 4) is 0 Å². The molecule has 1 aliphatic carbocycles. The number of nitrogens with zero attached hydrogens (tertiary/aromatic N) is 3. The van der Waals surface area contributed by atoms with Crippen molar-refractivity contribution >= 4 is 34.9 Å². The molecule has 1 N–H and O–H groups in total. The van der Waals surface area contributed by atoms with Gasteiger partial charge in [-0.25, -0.2) is 4.39 Å². The van der Waals surface area contributed by atoms with Gasteiger partial charge in [-0.3, -0.25) is 29.5 Å². The van der Waals surface area contributed by atoms with E-state index in [2.05, 4.69) is 41.1 Å². The minimum absolute atomic E-state index is 0.0617. The van der Waals surface area contributed by atoms with E-state index in [1.54, 1.807) is 5.57 Å². The largest absolute Gasteiger partial charge is 0.322 e. The summed E-state index contributed by atoms with van der Waals surface area (Å²) < 4.78 is 15.4. The summed E-state index contributed by atoms with van der Waals surface area (Å²) in [6.07, 6.45) is 6.09. The van der Waals surface area contributed by atoms with Crippen molar-refractivity contribution in [3.63, 3.8) is 0 Å². The summed E-state index contributed by atoms with van der Waals surface area (Å²) in [5, 5.41) is 3.08. The van der Waals surface area contributed by atoms with E-state index < -0.39 is 23.7 Å². The number of amides is 3. The minimum Gasteiger partial charge on any atom is -0.322 e. The van der Waals surface area contributed by atoms with Gasteiger partial charge < -0.3 is 4.90 Å². The number of rotatable bonds is 6. The predicted molar refractivity (Wildman–Crippen MR) is 167 cm³/mol. The van der Waals surface area contributed by atoms with Crippen molar-refractivity contribution in [1.29, 1.82) is 0 Å². The number of piperazine rings is 1. The number of carbonyl (C=O) groups is 3. The smallest absolute Gasteiger partial charge is 0.258 e. The Labute approximate surface area is 263 Å². The Balaban J connectivity index is 1.05. The first kappa shape index (κ1) is 29.6. The standard InChI is InChI=1S/C35H40ClFN4O3/c1-35(2)12-11-23(28(15-35)22-3-5-25(36)6-4-22)17-39-19-26-7-8-27(20-39)40(26)16-21-13-24-18-41(34(44)32(24)29(37)14-21)30-9-10-31(42)38-33(30)43/h3-6,13-14,26-27,30H,7-12,15-20H2,1-2H3,(H,38,42,43). The van der Waals surface area contributed by atoms with E-state index >= 15 is 4.39 Å². The summed E-state index contributed by atoms with van der Waals surface area (Å²) in [5.74, 6) is -1.80. The molecule has 4 heterocycles. The van der Waals surface area contributed by atoms with Crippen LogP contribution in [0.3, 0.4) is 0 Å². The van der Waals surface area contributed by atoms with Crippen molar-refractivity contribution in [1.82, 2.24) is 20.0 Å². The van der Waals surface area contributed by atoms with Crippen LogP contribution in [0.4, 0.5) is 4.39 Å². The van der Waals surface area contributed by atoms with Crippen molar-refractivity contribution in [3.05, 3.63) is 75.1 Å². The van der Waals surface area contributed by atoms with Crippen molar-refractivity contribution in [2.75, 3.05) is 19.6 Å². The molecule has 2 bridgehead atoms. The molecule has 44 heavy (non-hydrogen) atoms. The fourth-order valence-electron chi connectivity index (χ4n) is 8.22. The van der Waals surface area contributed by atoms with E-state index in [-0.39, 0.29) is 36.3 Å². The highest BCUT2D eigenvalue weighted by atomic mass is 35.5. The zero-order valence-electron chi connectivity index (χ0n) is 25.5. The molecule has 2 aromatic carbocycles. The first-order valence-corrected chi connectivity index (χ1v) is 16.3. The maximum atomic E-state index is 15.4. The molecular formula is C35H40ClFN4O3. The van der Waals surface area contributed by atoms with Crippen LogP contribution in [0.2, 0.25) is 5.02 Å². The van der Waals surface area contributed by atoms with Gasteiger partial charge >= 0.3 is 0 Å². The van der Waals surface area contributed by atoms with Crippen molar-refractivity contribution in [2.24, 2.45) is 5.41 Å². The first-order valence-electron chi connectivity index (χ1n) is 16.0. The zero-order chi connectivity index (χ0) is 30.7. The van der Waals surface area contributed by atoms with Crippen LogP contribution in [-0.4, -0.2) is 70.2 Å². The van der Waals surface area contributed by atoms with Crippen LogP contribution in [0.1, 0.15) is 85.8 Å². The van der Waals surface area contributed by atoms with Crippen LogP contribution in [0.5, 0.6) is 0 Å². The number of piperidine rings is 1. The molecule has 7 rings (SSSR count). The molecular weight excluding hydrogens is 579 g/mol. The second-order valence-electron chi connectivity index (χ2n) is 14.2.